The van der Waals surface area contributed by atoms with Crippen molar-refractivity contribution in [3.8, 4) is 16.9 Å². The van der Waals surface area contributed by atoms with Crippen LogP contribution in [-0.2, 0) is 0 Å². The Morgan fingerprint density at radius 3 is 2.54 bits per heavy atom. The maximum Gasteiger partial charge on any atom is 0.225 e. The predicted molar refractivity (Wildman–Crippen MR) is 119 cm³/mol. The number of benzene rings is 1. The van der Waals surface area contributed by atoms with Crippen LogP contribution in [0.25, 0.3) is 21.3 Å². The number of thiophene rings is 1. The van der Waals surface area contributed by atoms with Gasteiger partial charge in [0, 0.05) is 23.5 Å². The highest BCUT2D eigenvalue weighted by atomic mass is 35.5. The summed E-state index contributed by atoms with van der Waals surface area (Å²) in [7, 11) is 2.16. The van der Waals surface area contributed by atoms with Crippen molar-refractivity contribution in [1.29, 1.82) is 0 Å². The van der Waals surface area contributed by atoms with Crippen LogP contribution >= 0.6 is 22.9 Å². The van der Waals surface area contributed by atoms with Crippen molar-refractivity contribution >= 4 is 39.0 Å². The van der Waals surface area contributed by atoms with E-state index in [9.17, 15) is 0 Å². The van der Waals surface area contributed by atoms with E-state index in [1.54, 1.807) is 11.3 Å². The second-order valence-corrected chi connectivity index (χ2v) is 8.93. The van der Waals surface area contributed by atoms with E-state index >= 15 is 0 Å². The molecule has 1 aromatic carbocycles. The van der Waals surface area contributed by atoms with Crippen LogP contribution in [0.15, 0.2) is 24.3 Å². The fourth-order valence-corrected chi connectivity index (χ4v) is 5.45. The highest BCUT2D eigenvalue weighted by Crippen LogP contribution is 2.43. The average Bonchev–Trinajstić information content (AvgIpc) is 3.04. The molecule has 0 aliphatic heterocycles. The van der Waals surface area contributed by atoms with Crippen LogP contribution in [0.5, 0.6) is 5.75 Å². The lowest BCUT2D eigenvalue weighted by Gasteiger charge is -2.32. The van der Waals surface area contributed by atoms with Gasteiger partial charge >= 0.3 is 0 Å². The van der Waals surface area contributed by atoms with E-state index in [0.717, 1.165) is 27.3 Å². The van der Waals surface area contributed by atoms with Gasteiger partial charge in [-0.2, -0.15) is 4.98 Å². The van der Waals surface area contributed by atoms with Crippen LogP contribution in [-0.4, -0.2) is 29.7 Å². The van der Waals surface area contributed by atoms with Gasteiger partial charge in [0.25, 0.3) is 0 Å². The Bertz CT molecular complexity index is 964. The van der Waals surface area contributed by atoms with E-state index in [4.69, 9.17) is 16.3 Å². The minimum absolute atomic E-state index is 0.324. The first kappa shape index (κ1) is 19.5. The molecule has 0 spiro atoms. The molecular formula is C22H26ClN3OS. The van der Waals surface area contributed by atoms with Gasteiger partial charge in [-0.05, 0) is 56.0 Å². The summed E-state index contributed by atoms with van der Waals surface area (Å²) in [5, 5.41) is 1.44. The number of aryl methyl sites for hydroxylation is 1. The Labute approximate surface area is 175 Å². The zero-order chi connectivity index (χ0) is 19.7. The summed E-state index contributed by atoms with van der Waals surface area (Å²) < 4.78 is 5.61. The molecule has 1 aliphatic carbocycles. The number of ether oxygens (including phenoxy) is 1. The van der Waals surface area contributed by atoms with Crippen molar-refractivity contribution in [2.24, 2.45) is 0 Å². The number of halogens is 1. The molecule has 2 heterocycles. The van der Waals surface area contributed by atoms with E-state index in [0.29, 0.717) is 17.9 Å². The van der Waals surface area contributed by atoms with Crippen LogP contribution in [0, 0.1) is 6.92 Å². The fraction of sp³-hybridized carbons (Fsp3) is 0.455. The quantitative estimate of drug-likeness (QED) is 0.446. The smallest absolute Gasteiger partial charge is 0.225 e. The molecule has 0 radical (unpaired) electrons. The lowest BCUT2D eigenvalue weighted by Crippen LogP contribution is -2.34. The second-order valence-electron chi connectivity index (χ2n) is 7.39. The summed E-state index contributed by atoms with van der Waals surface area (Å²) in [6.45, 7) is 4.82. The molecule has 3 aromatic rings. The standard InChI is InChI=1S/C22H26ClN3OS/c1-4-27-17-12-10-15(11-13-17)18-14(2)28-21-19(18)20(24-22(23)25-21)26(3)16-8-6-5-7-9-16/h10-13,16H,4-9H2,1-3H3. The number of fused-ring (bicyclic) bond motifs is 1. The first-order chi connectivity index (χ1) is 13.6. The normalized spacial score (nSPS) is 15.1. The third-order valence-electron chi connectivity index (χ3n) is 5.59. The lowest BCUT2D eigenvalue weighted by atomic mass is 9.94. The molecule has 0 bridgehead atoms. The van der Waals surface area contributed by atoms with Crippen molar-refractivity contribution in [2.45, 2.75) is 52.0 Å². The van der Waals surface area contributed by atoms with Gasteiger partial charge in [-0.3, -0.25) is 0 Å². The van der Waals surface area contributed by atoms with E-state index in [1.807, 2.05) is 19.1 Å². The first-order valence-electron chi connectivity index (χ1n) is 10.0. The predicted octanol–water partition coefficient (Wildman–Crippen LogP) is 6.49. The largest absolute Gasteiger partial charge is 0.494 e. The van der Waals surface area contributed by atoms with Crippen LogP contribution in [0.4, 0.5) is 5.82 Å². The summed E-state index contributed by atoms with van der Waals surface area (Å²) in [5.41, 5.74) is 2.37. The molecule has 1 aliphatic rings. The van der Waals surface area contributed by atoms with Gasteiger partial charge in [0.15, 0.2) is 0 Å². The zero-order valence-corrected chi connectivity index (χ0v) is 18.2. The highest BCUT2D eigenvalue weighted by Gasteiger charge is 2.25. The molecule has 148 valence electrons. The van der Waals surface area contributed by atoms with Gasteiger partial charge < -0.3 is 9.64 Å². The zero-order valence-electron chi connectivity index (χ0n) is 16.7. The highest BCUT2D eigenvalue weighted by molar-refractivity contribution is 7.19. The molecule has 2 aromatic heterocycles. The summed E-state index contributed by atoms with van der Waals surface area (Å²) in [6, 6.07) is 8.82. The van der Waals surface area contributed by atoms with Gasteiger partial charge in [0.1, 0.15) is 16.4 Å². The van der Waals surface area contributed by atoms with E-state index in [2.05, 4.69) is 41.0 Å². The second kappa shape index (κ2) is 8.26. The monoisotopic (exact) mass is 415 g/mol. The minimum Gasteiger partial charge on any atom is -0.494 e. The van der Waals surface area contributed by atoms with Crippen LogP contribution in [0.2, 0.25) is 5.28 Å². The Morgan fingerprint density at radius 1 is 1.14 bits per heavy atom. The van der Waals surface area contributed by atoms with Gasteiger partial charge in [-0.1, -0.05) is 31.4 Å². The number of rotatable bonds is 5. The van der Waals surface area contributed by atoms with E-state index in [-0.39, 0.29) is 0 Å². The maximum absolute atomic E-state index is 6.31. The van der Waals surface area contributed by atoms with E-state index in [1.165, 1.54) is 42.5 Å². The fourth-order valence-electron chi connectivity index (χ4n) is 4.20. The lowest BCUT2D eigenvalue weighted by molar-refractivity contribution is 0.340. The SMILES string of the molecule is CCOc1ccc(-c2c(C)sc3nc(Cl)nc(N(C)C4CCCCC4)c23)cc1. The maximum atomic E-state index is 6.31. The number of hydrogen-bond donors (Lipinski definition) is 0. The Hall–Kier alpha value is -1.85. The third kappa shape index (κ3) is 3.70. The third-order valence-corrected chi connectivity index (χ3v) is 6.76. The number of hydrogen-bond acceptors (Lipinski definition) is 5. The van der Waals surface area contributed by atoms with E-state index < -0.39 is 0 Å². The summed E-state index contributed by atoms with van der Waals surface area (Å²) in [4.78, 5) is 13.7. The molecule has 1 saturated carbocycles. The Balaban J connectivity index is 1.83. The minimum atomic E-state index is 0.324. The van der Waals surface area contributed by atoms with Crippen molar-refractivity contribution < 1.29 is 4.74 Å². The summed E-state index contributed by atoms with van der Waals surface area (Å²) in [5.74, 6) is 1.84. The molecule has 4 rings (SSSR count). The van der Waals surface area contributed by atoms with Gasteiger partial charge in [0.2, 0.25) is 5.28 Å². The van der Waals surface area contributed by atoms with Crippen molar-refractivity contribution in [1.82, 2.24) is 9.97 Å². The topological polar surface area (TPSA) is 38.3 Å². The molecule has 4 nitrogen and oxygen atoms in total. The summed E-state index contributed by atoms with van der Waals surface area (Å²) in [6.07, 6.45) is 6.32. The molecule has 0 unspecified atom stereocenters. The molecule has 1 fully saturated rings. The molecule has 0 atom stereocenters. The first-order valence-corrected chi connectivity index (χ1v) is 11.2. The van der Waals surface area contributed by atoms with Crippen molar-refractivity contribution in [2.75, 3.05) is 18.6 Å². The summed E-state index contributed by atoms with van der Waals surface area (Å²) >= 11 is 8.00. The molecule has 0 amide bonds. The molecular weight excluding hydrogens is 390 g/mol. The number of anilines is 1. The molecule has 0 N–H and O–H groups in total. The molecule has 6 heteroatoms. The molecule has 0 saturated heterocycles. The Morgan fingerprint density at radius 2 is 1.86 bits per heavy atom. The van der Waals surface area contributed by atoms with Crippen molar-refractivity contribution in [3.05, 3.63) is 34.4 Å². The molecule has 28 heavy (non-hydrogen) atoms. The van der Waals surface area contributed by atoms with Crippen molar-refractivity contribution in [3.63, 3.8) is 0 Å². The van der Waals surface area contributed by atoms with Crippen LogP contribution in [0.1, 0.15) is 43.9 Å². The van der Waals surface area contributed by atoms with Crippen LogP contribution in [0.3, 0.4) is 0 Å². The van der Waals surface area contributed by atoms with Gasteiger partial charge in [-0.25, -0.2) is 4.98 Å². The van der Waals surface area contributed by atoms with Gasteiger partial charge in [0.05, 0.1) is 12.0 Å². The van der Waals surface area contributed by atoms with Gasteiger partial charge in [-0.15, -0.1) is 11.3 Å². The number of aromatic nitrogens is 2. The average molecular weight is 416 g/mol. The van der Waals surface area contributed by atoms with Crippen LogP contribution < -0.4 is 9.64 Å². The number of nitrogens with zero attached hydrogens (tertiary/aromatic N) is 3. The Kier molecular flexibility index (Phi) is 5.74.